The van der Waals surface area contributed by atoms with Crippen LogP contribution in [0.5, 0.6) is 0 Å². The molecule has 25 heavy (non-hydrogen) atoms. The number of thioether (sulfide) groups is 1. The molecule has 0 bridgehead atoms. The fraction of sp³-hybridized carbons (Fsp3) is 0.375. The van der Waals surface area contributed by atoms with Gasteiger partial charge in [0.2, 0.25) is 5.91 Å². The Bertz CT molecular complexity index is 866. The van der Waals surface area contributed by atoms with Gasteiger partial charge < -0.3 is 10.1 Å². The summed E-state index contributed by atoms with van der Waals surface area (Å²) in [5, 5.41) is 3.81. The highest BCUT2D eigenvalue weighted by Gasteiger charge is 2.16. The molecule has 9 heteroatoms. The van der Waals surface area contributed by atoms with E-state index >= 15 is 0 Å². The van der Waals surface area contributed by atoms with Gasteiger partial charge in [-0.1, -0.05) is 23.4 Å². The average Bonchev–Trinajstić information content (AvgIpc) is 2.56. The maximum Gasteiger partial charge on any atom is 0.325 e. The minimum absolute atomic E-state index is 0.0161. The Hall–Kier alpha value is -2.06. The third-order valence-electron chi connectivity index (χ3n) is 3.34. The van der Waals surface area contributed by atoms with Crippen LogP contribution >= 0.6 is 23.4 Å². The van der Waals surface area contributed by atoms with E-state index in [0.29, 0.717) is 21.1 Å². The van der Waals surface area contributed by atoms with E-state index in [-0.39, 0.29) is 29.8 Å². The number of ether oxygens (including phenoxy) is 1. The van der Waals surface area contributed by atoms with E-state index in [9.17, 15) is 14.4 Å². The highest BCUT2D eigenvalue weighted by molar-refractivity contribution is 7.99. The molecular weight excluding hydrogens is 366 g/mol. The summed E-state index contributed by atoms with van der Waals surface area (Å²) in [5.74, 6) is -0.871. The summed E-state index contributed by atoms with van der Waals surface area (Å²) in [6.07, 6.45) is 0. The summed E-state index contributed by atoms with van der Waals surface area (Å²) in [6.45, 7) is 3.53. The van der Waals surface area contributed by atoms with Gasteiger partial charge >= 0.3 is 5.97 Å². The monoisotopic (exact) mass is 383 g/mol. The zero-order chi connectivity index (χ0) is 18.6. The van der Waals surface area contributed by atoms with E-state index in [0.717, 1.165) is 11.8 Å². The highest BCUT2D eigenvalue weighted by Crippen LogP contribution is 2.22. The first-order chi connectivity index (χ1) is 11.8. The van der Waals surface area contributed by atoms with Crippen LogP contribution in [-0.2, 0) is 14.3 Å². The molecule has 7 nitrogen and oxygen atoms in total. The molecule has 0 unspecified atom stereocenters. The molecule has 1 amide bonds. The van der Waals surface area contributed by atoms with Gasteiger partial charge in [-0.3, -0.25) is 19.0 Å². The second-order valence-corrected chi connectivity index (χ2v) is 6.85. The fourth-order valence-corrected chi connectivity index (χ4v) is 3.26. The molecule has 0 aliphatic heterocycles. The van der Waals surface area contributed by atoms with Gasteiger partial charge in [0.25, 0.3) is 5.56 Å². The van der Waals surface area contributed by atoms with E-state index < -0.39 is 5.97 Å². The number of benzene rings is 1. The lowest BCUT2D eigenvalue weighted by Gasteiger charge is -2.16. The number of fused-ring (bicyclic) bond motifs is 1. The third kappa shape index (κ3) is 4.73. The van der Waals surface area contributed by atoms with Crippen molar-refractivity contribution in [2.45, 2.75) is 25.0 Å². The molecule has 2 rings (SSSR count). The van der Waals surface area contributed by atoms with Crippen molar-refractivity contribution in [2.24, 2.45) is 0 Å². The van der Waals surface area contributed by atoms with E-state index in [2.05, 4.69) is 15.0 Å². The first-order valence-electron chi connectivity index (χ1n) is 7.51. The number of carbonyl (C=O) groups is 2. The maximum atomic E-state index is 12.7. The van der Waals surface area contributed by atoms with Gasteiger partial charge in [0, 0.05) is 11.1 Å². The number of hydrogen-bond donors (Lipinski definition) is 1. The first-order valence-corrected chi connectivity index (χ1v) is 8.88. The number of halogens is 1. The van der Waals surface area contributed by atoms with Crippen molar-refractivity contribution in [3.8, 4) is 0 Å². The minimum atomic E-state index is -0.532. The average molecular weight is 384 g/mol. The minimum Gasteiger partial charge on any atom is -0.468 e. The largest absolute Gasteiger partial charge is 0.468 e. The van der Waals surface area contributed by atoms with Gasteiger partial charge in [-0.15, -0.1) is 0 Å². The summed E-state index contributed by atoms with van der Waals surface area (Å²) in [6, 6.07) is 4.78. The molecular formula is C16H18ClN3O4S. The van der Waals surface area contributed by atoms with Crippen LogP contribution < -0.4 is 10.9 Å². The number of esters is 1. The number of aromatic nitrogens is 2. The molecule has 0 aliphatic carbocycles. The van der Waals surface area contributed by atoms with Gasteiger partial charge in [0.05, 0.1) is 23.8 Å². The Labute approximate surface area is 153 Å². The number of nitrogens with one attached hydrogen (secondary N) is 1. The second-order valence-electron chi connectivity index (χ2n) is 5.47. The Morgan fingerprint density at radius 3 is 2.76 bits per heavy atom. The first kappa shape index (κ1) is 19.3. The summed E-state index contributed by atoms with van der Waals surface area (Å²) in [7, 11) is 1.24. The summed E-state index contributed by atoms with van der Waals surface area (Å²) in [4.78, 5) is 40.1. The molecule has 134 valence electrons. The molecule has 1 aromatic heterocycles. The fourth-order valence-electron chi connectivity index (χ4n) is 2.13. The van der Waals surface area contributed by atoms with Crippen molar-refractivity contribution < 1.29 is 14.3 Å². The molecule has 0 saturated heterocycles. The lowest BCUT2D eigenvalue weighted by atomic mass is 10.2. The molecule has 0 fully saturated rings. The number of hydrogen-bond acceptors (Lipinski definition) is 6. The van der Waals surface area contributed by atoms with Crippen molar-refractivity contribution >= 4 is 46.1 Å². The van der Waals surface area contributed by atoms with Gasteiger partial charge in [-0.05, 0) is 32.0 Å². The predicted molar refractivity (Wildman–Crippen MR) is 97.1 cm³/mol. The van der Waals surface area contributed by atoms with Crippen LogP contribution in [0.25, 0.3) is 10.9 Å². The molecule has 0 aliphatic rings. The highest BCUT2D eigenvalue weighted by atomic mass is 35.5. The SMILES string of the molecule is COC(=O)CNC(=O)CSc1nc2cc(Cl)ccc2c(=O)n1C(C)C. The van der Waals surface area contributed by atoms with Crippen LogP contribution in [0, 0.1) is 0 Å². The van der Waals surface area contributed by atoms with E-state index in [1.54, 1.807) is 18.2 Å². The van der Waals surface area contributed by atoms with Gasteiger partial charge in [-0.2, -0.15) is 0 Å². The molecule has 0 spiro atoms. The number of rotatable bonds is 6. The molecule has 1 heterocycles. The van der Waals surface area contributed by atoms with Gasteiger partial charge in [0.1, 0.15) is 6.54 Å². The quantitative estimate of drug-likeness (QED) is 0.466. The Kier molecular flexibility index (Phi) is 6.44. The maximum absolute atomic E-state index is 12.7. The van der Waals surface area contributed by atoms with Gasteiger partial charge in [-0.25, -0.2) is 4.98 Å². The van der Waals surface area contributed by atoms with Crippen LogP contribution in [0.2, 0.25) is 5.02 Å². The molecule has 2 aromatic rings. The Balaban J connectivity index is 2.27. The number of methoxy groups -OCH3 is 1. The van der Waals surface area contributed by atoms with Crippen LogP contribution in [-0.4, -0.2) is 40.8 Å². The van der Waals surface area contributed by atoms with Crippen LogP contribution in [0.3, 0.4) is 0 Å². The summed E-state index contributed by atoms with van der Waals surface area (Å²) < 4.78 is 5.99. The molecule has 0 radical (unpaired) electrons. The van der Waals surface area contributed by atoms with Crippen LogP contribution in [0.15, 0.2) is 28.2 Å². The Morgan fingerprint density at radius 1 is 1.40 bits per heavy atom. The summed E-state index contributed by atoms with van der Waals surface area (Å²) in [5.41, 5.74) is 0.293. The number of nitrogens with zero attached hydrogens (tertiary/aromatic N) is 2. The van der Waals surface area contributed by atoms with E-state index in [1.807, 2.05) is 13.8 Å². The lowest BCUT2D eigenvalue weighted by molar-refractivity contribution is -0.140. The van der Waals surface area contributed by atoms with Crippen molar-refractivity contribution in [1.82, 2.24) is 14.9 Å². The van der Waals surface area contributed by atoms with Crippen molar-refractivity contribution in [2.75, 3.05) is 19.4 Å². The third-order valence-corrected chi connectivity index (χ3v) is 4.53. The molecule has 0 saturated carbocycles. The second kappa shape index (κ2) is 8.35. The zero-order valence-electron chi connectivity index (χ0n) is 14.0. The normalized spacial score (nSPS) is 10.9. The van der Waals surface area contributed by atoms with E-state index in [4.69, 9.17) is 11.6 Å². The molecule has 1 aromatic carbocycles. The standard InChI is InChI=1S/C16H18ClN3O4S/c1-9(2)20-15(23)11-5-4-10(17)6-12(11)19-16(20)25-8-13(21)18-7-14(22)24-3/h4-6,9H,7-8H2,1-3H3,(H,18,21). The van der Waals surface area contributed by atoms with E-state index in [1.165, 1.54) is 11.7 Å². The topological polar surface area (TPSA) is 90.3 Å². The van der Waals surface area contributed by atoms with Gasteiger partial charge in [0.15, 0.2) is 5.16 Å². The summed E-state index contributed by atoms with van der Waals surface area (Å²) >= 11 is 7.10. The molecule has 1 N–H and O–H groups in total. The predicted octanol–water partition coefficient (Wildman–Crippen LogP) is 2.01. The lowest BCUT2D eigenvalue weighted by Crippen LogP contribution is -2.32. The smallest absolute Gasteiger partial charge is 0.325 e. The Morgan fingerprint density at radius 2 is 2.12 bits per heavy atom. The van der Waals surface area contributed by atoms with Crippen LogP contribution in [0.4, 0.5) is 0 Å². The van der Waals surface area contributed by atoms with Crippen molar-refractivity contribution in [3.05, 3.63) is 33.6 Å². The zero-order valence-corrected chi connectivity index (χ0v) is 15.6. The number of amides is 1. The van der Waals surface area contributed by atoms with Crippen LogP contribution in [0.1, 0.15) is 19.9 Å². The number of carbonyl (C=O) groups excluding carboxylic acids is 2. The van der Waals surface area contributed by atoms with Crippen molar-refractivity contribution in [1.29, 1.82) is 0 Å². The molecule has 0 atom stereocenters. The van der Waals surface area contributed by atoms with Crippen molar-refractivity contribution in [3.63, 3.8) is 0 Å².